The summed E-state index contributed by atoms with van der Waals surface area (Å²) in [5.74, 6) is -1.28. The lowest BCUT2D eigenvalue weighted by Crippen LogP contribution is -2.50. The average molecular weight is 593 g/mol. The molecule has 0 bridgehead atoms. The zero-order chi connectivity index (χ0) is 30.6. The van der Waals surface area contributed by atoms with E-state index in [9.17, 15) is 14.4 Å². The molecule has 3 aliphatic rings. The molecule has 2 saturated carbocycles. The van der Waals surface area contributed by atoms with Gasteiger partial charge in [0.05, 0.1) is 38.4 Å². The minimum Gasteiger partial charge on any atom is -0.497 e. The van der Waals surface area contributed by atoms with Crippen molar-refractivity contribution in [1.82, 2.24) is 20.2 Å². The van der Waals surface area contributed by atoms with Gasteiger partial charge in [0.1, 0.15) is 17.4 Å². The molecule has 1 aromatic carbocycles. The van der Waals surface area contributed by atoms with Crippen LogP contribution in [0.25, 0.3) is 11.3 Å². The van der Waals surface area contributed by atoms with E-state index in [4.69, 9.17) is 18.9 Å². The number of aromatic nitrogens is 2. The number of nitrogens with zero attached hydrogens (tertiary/aromatic N) is 3. The van der Waals surface area contributed by atoms with Crippen molar-refractivity contribution in [2.24, 2.45) is 17.8 Å². The predicted molar refractivity (Wildman–Crippen MR) is 157 cm³/mol. The van der Waals surface area contributed by atoms with Gasteiger partial charge < -0.3 is 29.2 Å². The Hall–Kier alpha value is -4.15. The molecule has 1 aromatic heterocycles. The summed E-state index contributed by atoms with van der Waals surface area (Å²) in [4.78, 5) is 51.1. The van der Waals surface area contributed by atoms with Gasteiger partial charge in [0.25, 0.3) is 0 Å². The first-order valence-electron chi connectivity index (χ1n) is 14.9. The van der Waals surface area contributed by atoms with Crippen molar-refractivity contribution >= 4 is 17.8 Å². The van der Waals surface area contributed by atoms with Gasteiger partial charge in [-0.1, -0.05) is 12.2 Å². The Bertz CT molecular complexity index is 1360. The summed E-state index contributed by atoms with van der Waals surface area (Å²) in [6, 6.07) is 9.28. The fourth-order valence-electron chi connectivity index (χ4n) is 6.07. The number of hydrogen-bond donors (Lipinski definition) is 1. The lowest BCUT2D eigenvalue weighted by molar-refractivity contribution is -0.150. The van der Waals surface area contributed by atoms with Crippen LogP contribution in [0, 0.1) is 17.8 Å². The van der Waals surface area contributed by atoms with Crippen LogP contribution < -0.4 is 19.5 Å². The minimum absolute atomic E-state index is 0.101. The zero-order valence-corrected chi connectivity index (χ0v) is 25.2. The standard InChI is InChI=1S/C32H40N4O7/c1-5-42-30(39)32-19-21(32)10-8-6-7-9-15-36(2)29(38)25-17-23(16-24(25)28(37)35-32)43-27-18-26(33-31(34-27)41-4)20-11-13-22(40-3)14-12-20/h8,10-14,18,21,23-25H,5-7,9,15-17,19H2,1-4H3,(H,35,37). The number of allylic oxidation sites excluding steroid dienone is 1. The van der Waals surface area contributed by atoms with E-state index in [-0.39, 0.29) is 36.2 Å². The molecule has 2 heterocycles. The quantitative estimate of drug-likeness (QED) is 0.379. The van der Waals surface area contributed by atoms with Crippen molar-refractivity contribution < 1.29 is 33.3 Å². The Morgan fingerprint density at radius 3 is 2.56 bits per heavy atom. The molecular weight excluding hydrogens is 552 g/mol. The topological polar surface area (TPSA) is 129 Å². The van der Waals surface area contributed by atoms with Gasteiger partial charge in [0.2, 0.25) is 17.7 Å². The van der Waals surface area contributed by atoms with Crippen molar-refractivity contribution in [3.63, 3.8) is 0 Å². The van der Waals surface area contributed by atoms with Crippen LogP contribution in [0.3, 0.4) is 0 Å². The van der Waals surface area contributed by atoms with Crippen LogP contribution in [0.15, 0.2) is 42.5 Å². The molecule has 5 rings (SSSR count). The lowest BCUT2D eigenvalue weighted by Gasteiger charge is -2.26. The molecule has 1 aliphatic heterocycles. The number of rotatable bonds is 7. The van der Waals surface area contributed by atoms with Crippen molar-refractivity contribution in [3.05, 3.63) is 42.5 Å². The van der Waals surface area contributed by atoms with Gasteiger partial charge in [-0.25, -0.2) is 4.79 Å². The number of carbonyl (C=O) groups excluding carboxylic acids is 3. The molecule has 11 heteroatoms. The predicted octanol–water partition coefficient (Wildman–Crippen LogP) is 3.57. The van der Waals surface area contributed by atoms with E-state index in [1.54, 1.807) is 32.0 Å². The number of benzene rings is 1. The molecule has 2 aromatic rings. The maximum absolute atomic E-state index is 13.8. The Balaban J connectivity index is 1.40. The summed E-state index contributed by atoms with van der Waals surface area (Å²) in [6.45, 7) is 2.57. The van der Waals surface area contributed by atoms with E-state index in [0.717, 1.165) is 30.6 Å². The molecule has 5 atom stereocenters. The molecule has 2 fully saturated rings. The maximum Gasteiger partial charge on any atom is 0.332 e. The number of fused-ring (bicyclic) bond motifs is 2. The van der Waals surface area contributed by atoms with Crippen LogP contribution in [0.5, 0.6) is 17.6 Å². The summed E-state index contributed by atoms with van der Waals surface area (Å²) in [6.07, 6.45) is 7.32. The molecule has 2 amide bonds. The number of nitrogens with one attached hydrogen (secondary N) is 1. The second-order valence-corrected chi connectivity index (χ2v) is 11.4. The van der Waals surface area contributed by atoms with Gasteiger partial charge in [0.15, 0.2) is 0 Å². The van der Waals surface area contributed by atoms with Crippen LogP contribution in [0.1, 0.15) is 45.4 Å². The van der Waals surface area contributed by atoms with E-state index >= 15 is 0 Å². The number of carbonyl (C=O) groups is 3. The third-order valence-corrected chi connectivity index (χ3v) is 8.57. The van der Waals surface area contributed by atoms with E-state index in [0.29, 0.717) is 31.5 Å². The Morgan fingerprint density at radius 2 is 1.84 bits per heavy atom. The number of methoxy groups -OCH3 is 2. The molecule has 2 aliphatic carbocycles. The normalized spacial score (nSPS) is 27.3. The fourth-order valence-corrected chi connectivity index (χ4v) is 6.07. The van der Waals surface area contributed by atoms with E-state index in [1.807, 2.05) is 30.3 Å². The molecular formula is C32H40N4O7. The Morgan fingerprint density at radius 1 is 1.07 bits per heavy atom. The smallest absolute Gasteiger partial charge is 0.332 e. The van der Waals surface area contributed by atoms with Crippen molar-refractivity contribution in [2.45, 2.75) is 57.1 Å². The first-order valence-corrected chi connectivity index (χ1v) is 14.9. The van der Waals surface area contributed by atoms with E-state index < -0.39 is 29.4 Å². The third kappa shape index (κ3) is 6.60. The summed E-state index contributed by atoms with van der Waals surface area (Å²) < 4.78 is 22.3. The highest BCUT2D eigenvalue weighted by Gasteiger charge is 2.62. The average Bonchev–Trinajstić information content (AvgIpc) is 3.55. The van der Waals surface area contributed by atoms with Gasteiger partial charge in [0, 0.05) is 31.1 Å². The van der Waals surface area contributed by atoms with Gasteiger partial charge in [-0.2, -0.15) is 9.97 Å². The lowest BCUT2D eigenvalue weighted by atomic mass is 9.93. The molecule has 0 saturated heterocycles. The maximum atomic E-state index is 13.8. The van der Waals surface area contributed by atoms with E-state index in [2.05, 4.69) is 21.4 Å². The summed E-state index contributed by atoms with van der Waals surface area (Å²) in [7, 11) is 4.86. The molecule has 0 radical (unpaired) electrons. The summed E-state index contributed by atoms with van der Waals surface area (Å²) in [5.41, 5.74) is 0.317. The molecule has 230 valence electrons. The zero-order valence-electron chi connectivity index (χ0n) is 25.2. The second kappa shape index (κ2) is 13.0. The Kier molecular flexibility index (Phi) is 9.17. The fraction of sp³-hybridized carbons (Fsp3) is 0.531. The van der Waals surface area contributed by atoms with E-state index in [1.165, 1.54) is 7.11 Å². The SMILES string of the molecule is CCOC(=O)C12CC1C=CCCCCN(C)C(=O)C1CC(Oc3cc(-c4ccc(OC)cc4)nc(OC)n3)CC1C(=O)N2. The summed E-state index contributed by atoms with van der Waals surface area (Å²) in [5, 5.41) is 3.01. The van der Waals surface area contributed by atoms with Crippen molar-refractivity contribution in [2.75, 3.05) is 34.4 Å². The molecule has 11 nitrogen and oxygen atoms in total. The van der Waals surface area contributed by atoms with Crippen LogP contribution in [0.2, 0.25) is 0 Å². The van der Waals surface area contributed by atoms with Gasteiger partial charge >= 0.3 is 12.0 Å². The van der Waals surface area contributed by atoms with Crippen LogP contribution in [-0.4, -0.2) is 78.7 Å². The molecule has 0 spiro atoms. The number of hydrogen-bond acceptors (Lipinski definition) is 9. The first-order chi connectivity index (χ1) is 20.8. The van der Waals surface area contributed by atoms with Crippen LogP contribution in [0.4, 0.5) is 0 Å². The number of ether oxygens (including phenoxy) is 4. The molecule has 1 N–H and O–H groups in total. The van der Waals surface area contributed by atoms with Crippen LogP contribution >= 0.6 is 0 Å². The van der Waals surface area contributed by atoms with Crippen LogP contribution in [-0.2, 0) is 19.1 Å². The van der Waals surface area contributed by atoms with Gasteiger partial charge in [-0.3, -0.25) is 9.59 Å². The molecule has 5 unspecified atom stereocenters. The second-order valence-electron chi connectivity index (χ2n) is 11.4. The Labute approximate surface area is 251 Å². The van der Waals surface area contributed by atoms with Crippen molar-refractivity contribution in [3.8, 4) is 28.9 Å². The van der Waals surface area contributed by atoms with Gasteiger partial charge in [-0.05, 0) is 69.7 Å². The third-order valence-electron chi connectivity index (χ3n) is 8.57. The first kappa shape index (κ1) is 30.3. The monoisotopic (exact) mass is 592 g/mol. The largest absolute Gasteiger partial charge is 0.497 e. The number of amides is 2. The highest BCUT2D eigenvalue weighted by atomic mass is 16.5. The van der Waals surface area contributed by atoms with Gasteiger partial charge in [-0.15, -0.1) is 0 Å². The summed E-state index contributed by atoms with van der Waals surface area (Å²) >= 11 is 0. The minimum atomic E-state index is -1.10. The molecule has 43 heavy (non-hydrogen) atoms. The highest BCUT2D eigenvalue weighted by Crippen LogP contribution is 2.47. The highest BCUT2D eigenvalue weighted by molar-refractivity contribution is 5.95. The van der Waals surface area contributed by atoms with Crippen molar-refractivity contribution in [1.29, 1.82) is 0 Å². The number of esters is 1.